The molecule has 0 saturated heterocycles. The molecule has 30 heavy (non-hydrogen) atoms. The lowest BCUT2D eigenvalue weighted by Crippen LogP contribution is -2.39. The average Bonchev–Trinajstić information content (AvgIpc) is 2.70. The van der Waals surface area contributed by atoms with E-state index in [1.54, 1.807) is 42.7 Å². The molecule has 3 rings (SSSR count). The fraction of sp³-hybridized carbons (Fsp3) is 0.100. The largest absolute Gasteiger partial charge is 0.358 e. The first-order chi connectivity index (χ1) is 14.2. The van der Waals surface area contributed by atoms with Crippen molar-refractivity contribution in [2.75, 3.05) is 4.90 Å². The highest BCUT2D eigenvalue weighted by Crippen LogP contribution is 2.24. The van der Waals surface area contributed by atoms with Gasteiger partial charge in [-0.1, -0.05) is 23.2 Å². The normalized spacial score (nSPS) is 11.2. The Hall–Kier alpha value is -2.23. The number of hydrogen-bond acceptors (Lipinski definition) is 4. The van der Waals surface area contributed by atoms with Crippen molar-refractivity contribution in [2.45, 2.75) is 18.0 Å². The molecule has 0 spiro atoms. The van der Waals surface area contributed by atoms with Crippen molar-refractivity contribution in [3.8, 4) is 0 Å². The van der Waals surface area contributed by atoms with Crippen LogP contribution in [0.1, 0.15) is 11.1 Å². The van der Waals surface area contributed by atoms with Crippen LogP contribution in [0.2, 0.25) is 10.0 Å². The Morgan fingerprint density at radius 1 is 1.00 bits per heavy atom. The molecule has 2 aromatic carbocycles. The molecule has 0 aliphatic carbocycles. The van der Waals surface area contributed by atoms with Crippen LogP contribution in [0.5, 0.6) is 0 Å². The number of aromatic nitrogens is 1. The number of anilines is 1. The Bertz CT molecular complexity index is 1120. The van der Waals surface area contributed by atoms with Crippen LogP contribution in [0, 0.1) is 0 Å². The summed E-state index contributed by atoms with van der Waals surface area (Å²) in [6.45, 7) is 0.876. The lowest BCUT2D eigenvalue weighted by molar-refractivity contribution is 0.598. The summed E-state index contributed by atoms with van der Waals surface area (Å²) < 4.78 is 23.1. The van der Waals surface area contributed by atoms with Gasteiger partial charge in [0.2, 0.25) is 10.0 Å². The Kier molecular flexibility index (Phi) is 7.27. The highest BCUT2D eigenvalue weighted by atomic mass is 35.5. The maximum absolute atomic E-state index is 11.6. The number of pyridine rings is 1. The van der Waals surface area contributed by atoms with E-state index in [0.29, 0.717) is 33.9 Å². The summed E-state index contributed by atoms with van der Waals surface area (Å²) in [6, 6.07) is 15.2. The van der Waals surface area contributed by atoms with Gasteiger partial charge in [-0.3, -0.25) is 4.98 Å². The molecule has 0 fully saturated rings. The summed E-state index contributed by atoms with van der Waals surface area (Å²) in [7, 11) is -3.79. The summed E-state index contributed by atoms with van der Waals surface area (Å²) in [6.07, 6.45) is 3.41. The second-order valence-corrected chi connectivity index (χ2v) is 9.24. The number of thiocarbonyl (C=S) groups is 1. The van der Waals surface area contributed by atoms with Crippen molar-refractivity contribution in [2.24, 2.45) is 5.14 Å². The van der Waals surface area contributed by atoms with Crippen molar-refractivity contribution in [1.82, 2.24) is 10.3 Å². The SMILES string of the molecule is NS(=O)(=O)c1ccc(N(Cc2cc(Cl)cc(Cl)c2)C(=S)NCc2ccncc2)cc1. The van der Waals surface area contributed by atoms with E-state index >= 15 is 0 Å². The molecule has 0 radical (unpaired) electrons. The summed E-state index contributed by atoms with van der Waals surface area (Å²) in [4.78, 5) is 5.85. The standard InChI is InChI=1S/C20H18Cl2N4O2S2/c21-16-9-15(10-17(22)11-16)13-26(18-1-3-19(4-2-18)30(23,27)28)20(29)25-12-14-5-7-24-8-6-14/h1-11H,12-13H2,(H,25,29)(H2,23,27,28). The van der Waals surface area contributed by atoms with Crippen LogP contribution in [-0.4, -0.2) is 18.5 Å². The first-order valence-electron chi connectivity index (χ1n) is 8.74. The monoisotopic (exact) mass is 480 g/mol. The van der Waals surface area contributed by atoms with Gasteiger partial charge in [0.05, 0.1) is 11.4 Å². The number of primary sulfonamides is 1. The maximum Gasteiger partial charge on any atom is 0.238 e. The molecule has 0 bridgehead atoms. The number of nitrogens with two attached hydrogens (primary N) is 1. The molecule has 0 amide bonds. The smallest absolute Gasteiger partial charge is 0.238 e. The number of nitrogens with zero attached hydrogens (tertiary/aromatic N) is 2. The van der Waals surface area contributed by atoms with E-state index in [0.717, 1.165) is 11.1 Å². The van der Waals surface area contributed by atoms with Gasteiger partial charge >= 0.3 is 0 Å². The molecule has 10 heteroatoms. The molecule has 6 nitrogen and oxygen atoms in total. The number of nitrogens with one attached hydrogen (secondary N) is 1. The van der Waals surface area contributed by atoms with E-state index in [1.165, 1.54) is 12.1 Å². The number of rotatable bonds is 6. The highest BCUT2D eigenvalue weighted by Gasteiger charge is 2.15. The van der Waals surface area contributed by atoms with Crippen LogP contribution < -0.4 is 15.4 Å². The zero-order chi connectivity index (χ0) is 21.7. The Morgan fingerprint density at radius 2 is 1.60 bits per heavy atom. The zero-order valence-electron chi connectivity index (χ0n) is 15.6. The van der Waals surface area contributed by atoms with Crippen molar-refractivity contribution in [3.63, 3.8) is 0 Å². The first-order valence-corrected chi connectivity index (χ1v) is 11.5. The third-order valence-corrected chi connectivity index (χ3v) is 5.91. The lowest BCUT2D eigenvalue weighted by atomic mass is 10.2. The number of benzene rings is 2. The van der Waals surface area contributed by atoms with Gasteiger partial charge in [0.25, 0.3) is 0 Å². The van der Waals surface area contributed by atoms with Crippen molar-refractivity contribution in [3.05, 3.63) is 88.2 Å². The molecule has 0 aliphatic rings. The summed E-state index contributed by atoms with van der Waals surface area (Å²) >= 11 is 17.9. The summed E-state index contributed by atoms with van der Waals surface area (Å²) in [5.41, 5.74) is 2.55. The van der Waals surface area contributed by atoms with Crippen molar-refractivity contribution >= 4 is 56.2 Å². The van der Waals surface area contributed by atoms with E-state index in [9.17, 15) is 8.42 Å². The fourth-order valence-electron chi connectivity index (χ4n) is 2.75. The van der Waals surface area contributed by atoms with Crippen molar-refractivity contribution in [1.29, 1.82) is 0 Å². The van der Waals surface area contributed by atoms with E-state index in [-0.39, 0.29) is 4.90 Å². The minimum absolute atomic E-state index is 0.0210. The molecule has 0 atom stereocenters. The van der Waals surface area contributed by atoms with Crippen molar-refractivity contribution < 1.29 is 8.42 Å². The molecule has 1 aromatic heterocycles. The van der Waals surface area contributed by atoms with Gasteiger partial charge in [-0.15, -0.1) is 0 Å². The molecular weight excluding hydrogens is 463 g/mol. The van der Waals surface area contributed by atoms with Gasteiger partial charge in [0.1, 0.15) is 0 Å². The second kappa shape index (κ2) is 9.72. The Balaban J connectivity index is 1.88. The molecule has 0 saturated carbocycles. The zero-order valence-corrected chi connectivity index (χ0v) is 18.8. The number of hydrogen-bond donors (Lipinski definition) is 2. The topological polar surface area (TPSA) is 88.3 Å². The summed E-state index contributed by atoms with van der Waals surface area (Å²) in [5, 5.41) is 9.88. The molecule has 3 N–H and O–H groups in total. The van der Waals surface area contributed by atoms with E-state index in [4.69, 9.17) is 40.6 Å². The maximum atomic E-state index is 11.6. The van der Waals surface area contributed by atoms with Crippen LogP contribution in [0.3, 0.4) is 0 Å². The molecule has 0 unspecified atom stereocenters. The average molecular weight is 481 g/mol. The van der Waals surface area contributed by atoms with Crippen LogP contribution >= 0.6 is 35.4 Å². The molecule has 0 aliphatic heterocycles. The molecular formula is C20H18Cl2N4O2S2. The summed E-state index contributed by atoms with van der Waals surface area (Å²) in [5.74, 6) is 0. The third-order valence-electron chi connectivity index (χ3n) is 4.18. The Labute approximate surface area is 190 Å². The predicted octanol–water partition coefficient (Wildman–Crippen LogP) is 4.12. The molecule has 156 valence electrons. The van der Waals surface area contributed by atoms with E-state index in [2.05, 4.69) is 10.3 Å². The van der Waals surface area contributed by atoms with E-state index in [1.807, 2.05) is 17.0 Å². The van der Waals surface area contributed by atoms with Gasteiger partial charge in [-0.25, -0.2) is 13.6 Å². The number of halogens is 2. The minimum atomic E-state index is -3.79. The van der Waals surface area contributed by atoms with E-state index < -0.39 is 10.0 Å². The predicted molar refractivity (Wildman–Crippen MR) is 124 cm³/mol. The van der Waals surface area contributed by atoms with Crippen LogP contribution in [0.15, 0.2) is 71.9 Å². The third kappa shape index (κ3) is 6.13. The second-order valence-electron chi connectivity index (χ2n) is 6.42. The molecule has 3 aromatic rings. The van der Waals surface area contributed by atoms with Gasteiger partial charge in [0.15, 0.2) is 5.11 Å². The van der Waals surface area contributed by atoms with Crippen LogP contribution in [0.25, 0.3) is 0 Å². The molecule has 1 heterocycles. The van der Waals surface area contributed by atoms with Crippen LogP contribution in [-0.2, 0) is 23.1 Å². The van der Waals surface area contributed by atoms with Gasteiger partial charge in [-0.05, 0) is 77.9 Å². The Morgan fingerprint density at radius 3 is 2.17 bits per heavy atom. The first kappa shape index (κ1) is 22.5. The number of sulfonamides is 1. The lowest BCUT2D eigenvalue weighted by Gasteiger charge is -2.26. The quantitative estimate of drug-likeness (QED) is 0.515. The van der Waals surface area contributed by atoms with Crippen LogP contribution in [0.4, 0.5) is 5.69 Å². The fourth-order valence-corrected chi connectivity index (χ4v) is 4.08. The van der Waals surface area contributed by atoms with Gasteiger partial charge < -0.3 is 10.2 Å². The van der Waals surface area contributed by atoms with Gasteiger partial charge in [0, 0.05) is 34.7 Å². The van der Waals surface area contributed by atoms with Gasteiger partial charge in [-0.2, -0.15) is 0 Å². The minimum Gasteiger partial charge on any atom is -0.358 e. The highest BCUT2D eigenvalue weighted by molar-refractivity contribution is 7.89.